The zero-order chi connectivity index (χ0) is 18.1. The van der Waals surface area contributed by atoms with E-state index in [2.05, 4.69) is 15.8 Å². The van der Waals surface area contributed by atoms with Crippen molar-refractivity contribution in [1.29, 1.82) is 0 Å². The van der Waals surface area contributed by atoms with E-state index < -0.39 is 5.91 Å². The summed E-state index contributed by atoms with van der Waals surface area (Å²) in [7, 11) is 0. The zero-order valence-electron chi connectivity index (χ0n) is 13.7. The second-order valence-corrected chi connectivity index (χ2v) is 5.39. The SMILES string of the molecule is CCOc1ccccc1/C=N\NC(=O)CNC(=O)c1ccc(Cl)cc1. The standard InChI is InChI=1S/C18H18ClN3O3/c1-2-25-16-6-4-3-5-14(16)11-21-22-17(23)12-20-18(24)13-7-9-15(19)10-8-13/h3-11H,2,12H2,1H3,(H,20,24)(H,22,23)/b21-11-. The molecule has 0 aromatic heterocycles. The average Bonchev–Trinajstić information content (AvgIpc) is 2.62. The summed E-state index contributed by atoms with van der Waals surface area (Å²) >= 11 is 5.76. The fourth-order valence-electron chi connectivity index (χ4n) is 1.95. The number of hydrazone groups is 1. The molecule has 7 heteroatoms. The third-order valence-electron chi connectivity index (χ3n) is 3.13. The molecule has 0 bridgehead atoms. The molecule has 0 radical (unpaired) electrons. The van der Waals surface area contributed by atoms with Crippen molar-refractivity contribution in [1.82, 2.24) is 10.7 Å². The maximum absolute atomic E-state index is 11.9. The molecule has 0 spiro atoms. The number of carbonyl (C=O) groups excluding carboxylic acids is 2. The first kappa shape index (κ1) is 18.5. The van der Waals surface area contributed by atoms with Gasteiger partial charge in [0.1, 0.15) is 5.75 Å². The summed E-state index contributed by atoms with van der Waals surface area (Å²) in [4.78, 5) is 23.6. The Morgan fingerprint density at radius 2 is 1.88 bits per heavy atom. The first-order valence-corrected chi connectivity index (χ1v) is 8.05. The largest absolute Gasteiger partial charge is 0.493 e. The Hall–Kier alpha value is -2.86. The topological polar surface area (TPSA) is 79.8 Å². The van der Waals surface area contributed by atoms with Crippen molar-refractivity contribution in [3.63, 3.8) is 0 Å². The van der Waals surface area contributed by atoms with Crippen LogP contribution in [-0.2, 0) is 4.79 Å². The van der Waals surface area contributed by atoms with E-state index in [0.717, 1.165) is 5.56 Å². The van der Waals surface area contributed by atoms with E-state index in [1.165, 1.54) is 6.21 Å². The third-order valence-corrected chi connectivity index (χ3v) is 3.38. The Bertz CT molecular complexity index is 760. The van der Waals surface area contributed by atoms with Crippen molar-refractivity contribution >= 4 is 29.6 Å². The van der Waals surface area contributed by atoms with Gasteiger partial charge in [-0.05, 0) is 43.3 Å². The van der Waals surface area contributed by atoms with E-state index in [1.54, 1.807) is 24.3 Å². The van der Waals surface area contributed by atoms with Crippen molar-refractivity contribution < 1.29 is 14.3 Å². The van der Waals surface area contributed by atoms with E-state index in [9.17, 15) is 9.59 Å². The first-order valence-electron chi connectivity index (χ1n) is 7.67. The lowest BCUT2D eigenvalue weighted by molar-refractivity contribution is -0.120. The second kappa shape index (κ2) is 9.44. The molecule has 0 aliphatic carbocycles. The normalized spacial score (nSPS) is 10.5. The summed E-state index contributed by atoms with van der Waals surface area (Å²) in [6, 6.07) is 13.7. The molecule has 0 atom stereocenters. The molecule has 0 aliphatic heterocycles. The van der Waals surface area contributed by atoms with Crippen LogP contribution in [-0.4, -0.2) is 31.2 Å². The highest BCUT2D eigenvalue weighted by molar-refractivity contribution is 6.30. The number of benzene rings is 2. The summed E-state index contributed by atoms with van der Waals surface area (Å²) < 4.78 is 5.46. The molecular formula is C18H18ClN3O3. The van der Waals surface area contributed by atoms with Gasteiger partial charge in [0.2, 0.25) is 0 Å². The molecule has 0 heterocycles. The molecule has 2 amide bonds. The van der Waals surface area contributed by atoms with Gasteiger partial charge in [-0.1, -0.05) is 23.7 Å². The lowest BCUT2D eigenvalue weighted by atomic mass is 10.2. The molecule has 0 unspecified atom stereocenters. The summed E-state index contributed by atoms with van der Waals surface area (Å²) in [5, 5.41) is 6.92. The van der Waals surface area contributed by atoms with Crippen LogP contribution in [0.4, 0.5) is 0 Å². The number of rotatable bonds is 7. The van der Waals surface area contributed by atoms with Gasteiger partial charge < -0.3 is 10.1 Å². The maximum atomic E-state index is 11.9. The van der Waals surface area contributed by atoms with E-state index >= 15 is 0 Å². The number of ether oxygens (including phenoxy) is 1. The van der Waals surface area contributed by atoms with Crippen molar-refractivity contribution in [3.05, 3.63) is 64.7 Å². The van der Waals surface area contributed by atoms with E-state index in [0.29, 0.717) is 22.9 Å². The third kappa shape index (κ3) is 5.93. The molecule has 2 aromatic rings. The smallest absolute Gasteiger partial charge is 0.259 e. The predicted octanol–water partition coefficient (Wildman–Crippen LogP) is 2.62. The Morgan fingerprint density at radius 3 is 2.60 bits per heavy atom. The molecule has 0 saturated carbocycles. The zero-order valence-corrected chi connectivity index (χ0v) is 14.4. The number of carbonyl (C=O) groups is 2. The van der Waals surface area contributed by atoms with E-state index in [-0.39, 0.29) is 12.5 Å². The van der Waals surface area contributed by atoms with Crippen LogP contribution in [0.25, 0.3) is 0 Å². The maximum Gasteiger partial charge on any atom is 0.259 e. The summed E-state index contributed by atoms with van der Waals surface area (Å²) in [5.41, 5.74) is 3.52. The lowest BCUT2D eigenvalue weighted by Gasteiger charge is -2.06. The number of halogens is 1. The molecule has 25 heavy (non-hydrogen) atoms. The van der Waals surface area contributed by atoms with Gasteiger partial charge >= 0.3 is 0 Å². The molecular weight excluding hydrogens is 342 g/mol. The Labute approximate surface area is 150 Å². The van der Waals surface area contributed by atoms with Crippen LogP contribution in [0.3, 0.4) is 0 Å². The summed E-state index contributed by atoms with van der Waals surface area (Å²) in [6.07, 6.45) is 1.49. The van der Waals surface area contributed by atoms with Crippen LogP contribution >= 0.6 is 11.6 Å². The Morgan fingerprint density at radius 1 is 1.16 bits per heavy atom. The number of hydrogen-bond acceptors (Lipinski definition) is 4. The van der Waals surface area contributed by atoms with Crippen molar-refractivity contribution in [2.45, 2.75) is 6.92 Å². The van der Waals surface area contributed by atoms with Gasteiger partial charge in [0.05, 0.1) is 19.4 Å². The van der Waals surface area contributed by atoms with Crippen LogP contribution in [0.5, 0.6) is 5.75 Å². The summed E-state index contributed by atoms with van der Waals surface area (Å²) in [5.74, 6) is -0.121. The highest BCUT2D eigenvalue weighted by atomic mass is 35.5. The van der Waals surface area contributed by atoms with Crippen LogP contribution in [0.1, 0.15) is 22.8 Å². The van der Waals surface area contributed by atoms with Gasteiger partial charge in [-0.2, -0.15) is 5.10 Å². The van der Waals surface area contributed by atoms with Gasteiger partial charge in [0.25, 0.3) is 11.8 Å². The van der Waals surface area contributed by atoms with Crippen LogP contribution < -0.4 is 15.5 Å². The molecule has 2 rings (SSSR count). The minimum absolute atomic E-state index is 0.189. The minimum Gasteiger partial charge on any atom is -0.493 e. The second-order valence-electron chi connectivity index (χ2n) is 4.95. The monoisotopic (exact) mass is 359 g/mol. The van der Waals surface area contributed by atoms with Crippen molar-refractivity contribution in [3.8, 4) is 5.75 Å². The number of nitrogens with one attached hydrogen (secondary N) is 2. The highest BCUT2D eigenvalue weighted by Gasteiger charge is 2.07. The molecule has 0 fully saturated rings. The number of amides is 2. The average molecular weight is 360 g/mol. The molecule has 2 aromatic carbocycles. The van der Waals surface area contributed by atoms with Gasteiger partial charge in [-0.25, -0.2) is 5.43 Å². The predicted molar refractivity (Wildman–Crippen MR) is 97.1 cm³/mol. The minimum atomic E-state index is -0.438. The van der Waals surface area contributed by atoms with Crippen LogP contribution in [0.2, 0.25) is 5.02 Å². The Balaban J connectivity index is 1.82. The van der Waals surface area contributed by atoms with Crippen molar-refractivity contribution in [2.24, 2.45) is 5.10 Å². The van der Waals surface area contributed by atoms with E-state index in [4.69, 9.17) is 16.3 Å². The molecule has 0 aliphatic rings. The first-order chi connectivity index (χ1) is 12.1. The summed E-state index contributed by atoms with van der Waals surface area (Å²) in [6.45, 7) is 2.24. The van der Waals surface area contributed by atoms with Crippen molar-refractivity contribution in [2.75, 3.05) is 13.2 Å². The number of para-hydroxylation sites is 1. The highest BCUT2D eigenvalue weighted by Crippen LogP contribution is 2.15. The fourth-order valence-corrected chi connectivity index (χ4v) is 2.08. The van der Waals surface area contributed by atoms with Gasteiger partial charge in [0, 0.05) is 16.1 Å². The van der Waals surface area contributed by atoms with Crippen LogP contribution in [0, 0.1) is 0 Å². The number of hydrogen-bond donors (Lipinski definition) is 2. The van der Waals surface area contributed by atoms with Gasteiger partial charge in [-0.3, -0.25) is 9.59 Å². The molecule has 6 nitrogen and oxygen atoms in total. The quantitative estimate of drug-likeness (QED) is 0.589. The van der Waals surface area contributed by atoms with Gasteiger partial charge in [0.15, 0.2) is 0 Å². The van der Waals surface area contributed by atoms with Gasteiger partial charge in [-0.15, -0.1) is 0 Å². The number of nitrogens with zero attached hydrogens (tertiary/aromatic N) is 1. The molecule has 130 valence electrons. The molecule has 0 saturated heterocycles. The fraction of sp³-hybridized carbons (Fsp3) is 0.167. The van der Waals surface area contributed by atoms with Crippen LogP contribution in [0.15, 0.2) is 53.6 Å². The Kier molecular flexibility index (Phi) is 6.98. The van der Waals surface area contributed by atoms with E-state index in [1.807, 2.05) is 31.2 Å². The molecule has 2 N–H and O–H groups in total. The lowest BCUT2D eigenvalue weighted by Crippen LogP contribution is -2.34.